The van der Waals surface area contributed by atoms with Gasteiger partial charge in [0.1, 0.15) is 11.6 Å². The highest BCUT2D eigenvalue weighted by atomic mass is 79.9. The summed E-state index contributed by atoms with van der Waals surface area (Å²) in [4.78, 5) is 6.69. The molecule has 0 atom stereocenters. The smallest absolute Gasteiger partial charge is 0.137 e. The molecule has 0 aliphatic rings. The van der Waals surface area contributed by atoms with Crippen LogP contribution in [-0.4, -0.2) is 30.5 Å². The number of anilines is 1. The van der Waals surface area contributed by atoms with Crippen molar-refractivity contribution in [1.29, 1.82) is 0 Å². The molecule has 0 N–H and O–H groups in total. The molecule has 0 unspecified atom stereocenters. The third kappa shape index (κ3) is 4.00. The van der Waals surface area contributed by atoms with Crippen LogP contribution in [0.5, 0.6) is 5.75 Å². The van der Waals surface area contributed by atoms with Gasteiger partial charge in [0, 0.05) is 18.4 Å². The lowest BCUT2D eigenvalue weighted by atomic mass is 10.3. The van der Waals surface area contributed by atoms with E-state index >= 15 is 0 Å². The molecular weight excluding hydrogens is 268 g/mol. The monoisotopic (exact) mass is 286 g/mol. The van der Waals surface area contributed by atoms with Crippen molar-refractivity contribution in [3.05, 3.63) is 18.3 Å². The molecule has 0 saturated carbocycles. The van der Waals surface area contributed by atoms with Crippen LogP contribution in [0.2, 0.25) is 0 Å². The van der Waals surface area contributed by atoms with Gasteiger partial charge in [0.05, 0.1) is 13.3 Å². The molecule has 0 aliphatic carbocycles. The number of alkyl halides is 1. The molecule has 0 spiro atoms. The lowest BCUT2D eigenvalue weighted by Crippen LogP contribution is -2.27. The van der Waals surface area contributed by atoms with Gasteiger partial charge in [-0.05, 0) is 18.6 Å². The van der Waals surface area contributed by atoms with Crippen molar-refractivity contribution in [1.82, 2.24) is 4.98 Å². The second-order valence-corrected chi connectivity index (χ2v) is 4.38. The minimum absolute atomic E-state index is 0.804. The Morgan fingerprint density at radius 3 is 2.69 bits per heavy atom. The minimum Gasteiger partial charge on any atom is -0.495 e. The minimum atomic E-state index is 0.804. The van der Waals surface area contributed by atoms with Crippen molar-refractivity contribution < 1.29 is 4.74 Å². The average molecular weight is 287 g/mol. The maximum absolute atomic E-state index is 5.10. The molecule has 0 radical (unpaired) electrons. The van der Waals surface area contributed by atoms with Crippen LogP contribution < -0.4 is 9.64 Å². The fraction of sp³-hybridized carbons (Fsp3) is 0.583. The summed E-state index contributed by atoms with van der Waals surface area (Å²) in [6, 6.07) is 3.96. The van der Waals surface area contributed by atoms with Gasteiger partial charge in [-0.1, -0.05) is 29.3 Å². The van der Waals surface area contributed by atoms with E-state index in [9.17, 15) is 0 Å². The predicted octanol–water partition coefficient (Wildman–Crippen LogP) is 3.09. The highest BCUT2D eigenvalue weighted by Gasteiger charge is 2.06. The van der Waals surface area contributed by atoms with Gasteiger partial charge in [-0.25, -0.2) is 4.98 Å². The first-order valence-corrected chi connectivity index (χ1v) is 6.75. The Hall–Kier alpha value is -0.770. The zero-order chi connectivity index (χ0) is 11.8. The van der Waals surface area contributed by atoms with E-state index in [-0.39, 0.29) is 0 Å². The first kappa shape index (κ1) is 13.3. The molecule has 0 bridgehead atoms. The average Bonchev–Trinajstić information content (AvgIpc) is 2.35. The quantitative estimate of drug-likeness (QED) is 0.721. The van der Waals surface area contributed by atoms with Gasteiger partial charge >= 0.3 is 0 Å². The molecule has 1 aromatic rings. The molecule has 90 valence electrons. The number of ether oxygens (including phenoxy) is 1. The molecule has 0 aromatic carbocycles. The van der Waals surface area contributed by atoms with E-state index in [1.54, 1.807) is 13.3 Å². The summed E-state index contributed by atoms with van der Waals surface area (Å²) in [5.41, 5.74) is 0. The number of hydrogen-bond acceptors (Lipinski definition) is 3. The highest BCUT2D eigenvalue weighted by Crippen LogP contribution is 2.16. The first-order chi connectivity index (χ1) is 7.81. The molecule has 1 heterocycles. The number of unbranched alkanes of at least 4 members (excludes halogenated alkanes) is 1. The van der Waals surface area contributed by atoms with Gasteiger partial charge < -0.3 is 9.64 Å². The maximum Gasteiger partial charge on any atom is 0.137 e. The molecule has 0 aliphatic heterocycles. The van der Waals surface area contributed by atoms with Crippen molar-refractivity contribution >= 4 is 21.7 Å². The van der Waals surface area contributed by atoms with E-state index in [4.69, 9.17) is 4.74 Å². The lowest BCUT2D eigenvalue weighted by molar-refractivity contribution is 0.413. The summed E-state index contributed by atoms with van der Waals surface area (Å²) in [6.07, 6.45) is 4.16. The van der Waals surface area contributed by atoms with E-state index in [0.717, 1.165) is 30.0 Å². The molecule has 1 aromatic heterocycles. The van der Waals surface area contributed by atoms with E-state index in [0.29, 0.717) is 0 Å². The normalized spacial score (nSPS) is 10.2. The number of hydrogen-bond donors (Lipinski definition) is 0. The Balaban J connectivity index is 2.67. The molecular formula is C12H19BrN2O. The molecule has 4 heteroatoms. The van der Waals surface area contributed by atoms with Gasteiger partial charge in [-0.15, -0.1) is 0 Å². The van der Waals surface area contributed by atoms with Gasteiger partial charge in [-0.3, -0.25) is 0 Å². The molecule has 0 fully saturated rings. The van der Waals surface area contributed by atoms with Gasteiger partial charge in [-0.2, -0.15) is 0 Å². The first-order valence-electron chi connectivity index (χ1n) is 5.62. The van der Waals surface area contributed by atoms with E-state index < -0.39 is 0 Å². The van der Waals surface area contributed by atoms with Crippen LogP contribution in [0, 0.1) is 0 Å². The summed E-state index contributed by atoms with van der Waals surface area (Å²) in [6.45, 7) is 4.24. The standard InChI is InChI=1S/C12H19BrN2O/c1-3-4-8-15(9-7-13)12-6-5-11(16-2)10-14-12/h5-6,10H,3-4,7-9H2,1-2H3. The SMILES string of the molecule is CCCCN(CCBr)c1ccc(OC)cn1. The van der Waals surface area contributed by atoms with Gasteiger partial charge in [0.15, 0.2) is 0 Å². The Morgan fingerprint density at radius 2 is 2.19 bits per heavy atom. The summed E-state index contributed by atoms with van der Waals surface area (Å²) in [5.74, 6) is 1.83. The second kappa shape index (κ2) is 7.49. The third-order valence-corrected chi connectivity index (χ3v) is 2.77. The van der Waals surface area contributed by atoms with E-state index in [1.165, 1.54) is 12.8 Å². The zero-order valence-electron chi connectivity index (χ0n) is 9.95. The van der Waals surface area contributed by atoms with Crippen molar-refractivity contribution in [2.75, 3.05) is 30.4 Å². The summed E-state index contributed by atoms with van der Waals surface area (Å²) in [7, 11) is 1.66. The number of halogens is 1. The second-order valence-electron chi connectivity index (χ2n) is 3.59. The largest absolute Gasteiger partial charge is 0.495 e. The summed E-state index contributed by atoms with van der Waals surface area (Å²) >= 11 is 3.47. The number of pyridine rings is 1. The van der Waals surface area contributed by atoms with E-state index in [2.05, 4.69) is 32.7 Å². The highest BCUT2D eigenvalue weighted by molar-refractivity contribution is 9.09. The number of nitrogens with zero attached hydrogens (tertiary/aromatic N) is 2. The van der Waals surface area contributed by atoms with Gasteiger partial charge in [0.2, 0.25) is 0 Å². The Bertz CT molecular complexity index is 290. The summed E-state index contributed by atoms with van der Waals surface area (Å²) in [5, 5.41) is 0.963. The Kier molecular flexibility index (Phi) is 6.23. The van der Waals surface area contributed by atoms with Crippen molar-refractivity contribution in [3.63, 3.8) is 0 Å². The molecule has 0 amide bonds. The van der Waals surface area contributed by atoms with Crippen molar-refractivity contribution in [3.8, 4) is 5.75 Å². The van der Waals surface area contributed by atoms with E-state index in [1.807, 2.05) is 12.1 Å². The fourth-order valence-corrected chi connectivity index (χ4v) is 1.90. The van der Waals surface area contributed by atoms with Crippen LogP contribution >= 0.6 is 15.9 Å². The van der Waals surface area contributed by atoms with Crippen LogP contribution in [0.1, 0.15) is 19.8 Å². The molecule has 16 heavy (non-hydrogen) atoms. The predicted molar refractivity (Wildman–Crippen MR) is 71.7 cm³/mol. The Labute approximate surface area is 106 Å². The Morgan fingerprint density at radius 1 is 1.38 bits per heavy atom. The zero-order valence-corrected chi connectivity index (χ0v) is 11.5. The third-order valence-electron chi connectivity index (χ3n) is 2.42. The van der Waals surface area contributed by atoms with Crippen molar-refractivity contribution in [2.24, 2.45) is 0 Å². The van der Waals surface area contributed by atoms with Crippen LogP contribution in [-0.2, 0) is 0 Å². The van der Waals surface area contributed by atoms with Crippen LogP contribution in [0.15, 0.2) is 18.3 Å². The van der Waals surface area contributed by atoms with Crippen LogP contribution in [0.4, 0.5) is 5.82 Å². The van der Waals surface area contributed by atoms with Crippen LogP contribution in [0.3, 0.4) is 0 Å². The maximum atomic E-state index is 5.10. The lowest BCUT2D eigenvalue weighted by Gasteiger charge is -2.22. The fourth-order valence-electron chi connectivity index (χ4n) is 1.47. The van der Waals surface area contributed by atoms with Gasteiger partial charge in [0.25, 0.3) is 0 Å². The number of methoxy groups -OCH3 is 1. The number of rotatable bonds is 7. The van der Waals surface area contributed by atoms with Crippen LogP contribution in [0.25, 0.3) is 0 Å². The topological polar surface area (TPSA) is 25.4 Å². The number of aromatic nitrogens is 1. The van der Waals surface area contributed by atoms with Crippen molar-refractivity contribution in [2.45, 2.75) is 19.8 Å². The molecule has 3 nitrogen and oxygen atoms in total. The molecule has 1 rings (SSSR count). The molecule has 0 saturated heterocycles. The summed E-state index contributed by atoms with van der Waals surface area (Å²) < 4.78 is 5.10.